The van der Waals surface area contributed by atoms with Gasteiger partial charge in [0.05, 0.1) is 17.0 Å². The minimum atomic E-state index is -3.80. The monoisotopic (exact) mass is 414 g/mol. The maximum Gasteiger partial charge on any atom is 0.256 e. The third-order valence-corrected chi connectivity index (χ3v) is 8.38. The lowest BCUT2D eigenvalue weighted by Gasteiger charge is -2.28. The standard InChI is InChI=1S/C20H22N4O4S/c1-11-21-6-5-17(22-11)23-20(26)12-3-2-4-15(8-12)29(27,28)24-10-14-7-13-9-16(14)18(24)19(13)25/h2-6,8,13-14,16,18-19,25H,7,9-10H2,1H3,(H,21,22,23,26)/t13-,14-,16+,18+,19+/m0/s1. The number of anilines is 1. The van der Waals surface area contributed by atoms with Crippen LogP contribution >= 0.6 is 0 Å². The van der Waals surface area contributed by atoms with Gasteiger partial charge < -0.3 is 10.4 Å². The molecular formula is C20H22N4O4S. The van der Waals surface area contributed by atoms with Crippen molar-refractivity contribution in [3.63, 3.8) is 0 Å². The number of carbonyl (C=O) groups excluding carboxylic acids is 1. The zero-order valence-corrected chi connectivity index (χ0v) is 16.7. The largest absolute Gasteiger partial charge is 0.391 e. The van der Waals surface area contributed by atoms with Crippen LogP contribution in [0.1, 0.15) is 29.0 Å². The third-order valence-electron chi connectivity index (χ3n) is 6.52. The van der Waals surface area contributed by atoms with Gasteiger partial charge in [0, 0.05) is 18.3 Å². The Hall–Kier alpha value is -2.36. The molecule has 0 spiro atoms. The average Bonchev–Trinajstić information content (AvgIpc) is 3.31. The summed E-state index contributed by atoms with van der Waals surface area (Å²) in [7, 11) is -3.80. The lowest BCUT2D eigenvalue weighted by Crippen LogP contribution is -2.43. The molecule has 1 aromatic carbocycles. The fourth-order valence-corrected chi connectivity index (χ4v) is 7.07. The number of aliphatic hydroxyl groups excluding tert-OH is 1. The number of fused-ring (bicyclic) bond motifs is 1. The topological polar surface area (TPSA) is 112 Å². The van der Waals surface area contributed by atoms with Crippen molar-refractivity contribution in [2.24, 2.45) is 17.8 Å². The van der Waals surface area contributed by atoms with Gasteiger partial charge in [-0.25, -0.2) is 18.4 Å². The molecule has 9 heteroatoms. The first-order valence-corrected chi connectivity index (χ1v) is 11.2. The van der Waals surface area contributed by atoms with Gasteiger partial charge in [-0.2, -0.15) is 4.31 Å². The maximum atomic E-state index is 13.3. The highest BCUT2D eigenvalue weighted by molar-refractivity contribution is 7.89. The van der Waals surface area contributed by atoms with E-state index in [0.717, 1.165) is 12.8 Å². The number of rotatable bonds is 4. The molecule has 152 valence electrons. The number of aryl methyl sites for hydroxylation is 1. The van der Waals surface area contributed by atoms with E-state index < -0.39 is 22.0 Å². The number of benzene rings is 1. The number of nitrogens with one attached hydrogen (secondary N) is 1. The summed E-state index contributed by atoms with van der Waals surface area (Å²) in [6.45, 7) is 2.16. The highest BCUT2D eigenvalue weighted by atomic mass is 32.2. The Morgan fingerprint density at radius 2 is 2.07 bits per heavy atom. The van der Waals surface area contributed by atoms with Crippen molar-refractivity contribution < 1.29 is 18.3 Å². The van der Waals surface area contributed by atoms with Gasteiger partial charge in [-0.05, 0) is 61.8 Å². The Bertz CT molecular complexity index is 1090. The van der Waals surface area contributed by atoms with Crippen molar-refractivity contribution >= 4 is 21.7 Å². The summed E-state index contributed by atoms with van der Waals surface area (Å²) in [6, 6.07) is 7.24. The number of hydrogen-bond acceptors (Lipinski definition) is 6. The van der Waals surface area contributed by atoms with Crippen molar-refractivity contribution in [3.8, 4) is 0 Å². The number of carbonyl (C=O) groups is 1. The zero-order chi connectivity index (χ0) is 20.3. The number of sulfonamides is 1. The molecule has 1 aromatic heterocycles. The summed E-state index contributed by atoms with van der Waals surface area (Å²) in [5.74, 6) is 1.22. The van der Waals surface area contributed by atoms with Gasteiger partial charge in [0.1, 0.15) is 11.6 Å². The Morgan fingerprint density at radius 3 is 2.83 bits per heavy atom. The molecule has 5 rings (SSSR count). The van der Waals surface area contributed by atoms with Crippen molar-refractivity contribution in [2.45, 2.75) is 36.8 Å². The predicted molar refractivity (Wildman–Crippen MR) is 105 cm³/mol. The normalized spacial score (nSPS) is 30.6. The first-order valence-electron chi connectivity index (χ1n) is 9.75. The van der Waals surface area contributed by atoms with E-state index in [1.54, 1.807) is 31.3 Å². The number of aliphatic hydroxyl groups is 1. The lowest BCUT2D eigenvalue weighted by atomic mass is 9.88. The van der Waals surface area contributed by atoms with E-state index in [0.29, 0.717) is 24.1 Å². The highest BCUT2D eigenvalue weighted by Gasteiger charge is 2.61. The van der Waals surface area contributed by atoms with E-state index in [2.05, 4.69) is 15.3 Å². The molecule has 2 heterocycles. The van der Waals surface area contributed by atoms with Crippen molar-refractivity contribution in [2.75, 3.05) is 11.9 Å². The van der Waals surface area contributed by atoms with E-state index in [-0.39, 0.29) is 28.3 Å². The SMILES string of the molecule is Cc1nccc(NC(=O)c2cccc(S(=O)(=O)N3C[C@@H]4C[C@H]5C[C@H]4[C@@H]3[C@@H]5O)c2)n1. The Balaban J connectivity index is 1.41. The van der Waals surface area contributed by atoms with Crippen LogP contribution in [0.15, 0.2) is 41.4 Å². The van der Waals surface area contributed by atoms with Gasteiger partial charge >= 0.3 is 0 Å². The average molecular weight is 414 g/mol. The molecule has 2 saturated carbocycles. The van der Waals surface area contributed by atoms with Crippen LogP contribution in [-0.4, -0.2) is 52.4 Å². The summed E-state index contributed by atoms with van der Waals surface area (Å²) >= 11 is 0. The molecule has 3 aliphatic rings. The molecule has 1 saturated heterocycles. The quantitative estimate of drug-likeness (QED) is 0.783. The summed E-state index contributed by atoms with van der Waals surface area (Å²) in [6.07, 6.45) is 2.75. The molecule has 2 N–H and O–H groups in total. The van der Waals surface area contributed by atoms with Crippen LogP contribution in [-0.2, 0) is 10.0 Å². The highest BCUT2D eigenvalue weighted by Crippen LogP contribution is 2.56. The van der Waals surface area contributed by atoms with Crippen LogP contribution in [0.5, 0.6) is 0 Å². The second kappa shape index (κ2) is 6.58. The molecule has 0 unspecified atom stereocenters. The van der Waals surface area contributed by atoms with Gasteiger partial charge in [-0.3, -0.25) is 4.79 Å². The van der Waals surface area contributed by atoms with Crippen LogP contribution < -0.4 is 5.32 Å². The molecule has 3 fully saturated rings. The Kier molecular flexibility index (Phi) is 4.23. The van der Waals surface area contributed by atoms with E-state index in [1.807, 2.05) is 0 Å². The number of aromatic nitrogens is 2. The summed E-state index contributed by atoms with van der Waals surface area (Å²) in [5.41, 5.74) is 0.231. The molecule has 2 aromatic rings. The minimum Gasteiger partial charge on any atom is -0.391 e. The van der Waals surface area contributed by atoms with Crippen molar-refractivity contribution in [1.82, 2.24) is 14.3 Å². The fraction of sp³-hybridized carbons (Fsp3) is 0.450. The second-order valence-corrected chi connectivity index (χ2v) is 10.1. The third kappa shape index (κ3) is 2.95. The molecule has 5 atom stereocenters. The Labute approximate surface area is 169 Å². The molecule has 8 nitrogen and oxygen atoms in total. The van der Waals surface area contributed by atoms with Gasteiger partial charge in [0.2, 0.25) is 10.0 Å². The molecule has 1 aliphatic heterocycles. The Morgan fingerprint density at radius 1 is 1.24 bits per heavy atom. The molecule has 1 amide bonds. The lowest BCUT2D eigenvalue weighted by molar-refractivity contribution is 0.0731. The van der Waals surface area contributed by atoms with Gasteiger partial charge in [0.15, 0.2) is 0 Å². The van der Waals surface area contributed by atoms with E-state index in [4.69, 9.17) is 0 Å². The fourth-order valence-electron chi connectivity index (χ4n) is 5.28. The first kappa shape index (κ1) is 18.7. The van der Waals surface area contributed by atoms with Gasteiger partial charge in [0.25, 0.3) is 5.91 Å². The zero-order valence-electron chi connectivity index (χ0n) is 15.9. The minimum absolute atomic E-state index is 0.0703. The summed E-state index contributed by atoms with van der Waals surface area (Å²) < 4.78 is 28.1. The summed E-state index contributed by atoms with van der Waals surface area (Å²) in [5, 5.41) is 13.2. The van der Waals surface area contributed by atoms with E-state index in [1.165, 1.54) is 16.4 Å². The van der Waals surface area contributed by atoms with Gasteiger partial charge in [-0.15, -0.1) is 0 Å². The maximum absolute atomic E-state index is 13.3. The van der Waals surface area contributed by atoms with E-state index in [9.17, 15) is 18.3 Å². The van der Waals surface area contributed by atoms with Crippen LogP contribution in [0.25, 0.3) is 0 Å². The van der Waals surface area contributed by atoms with Gasteiger partial charge in [-0.1, -0.05) is 6.07 Å². The molecular weight excluding hydrogens is 392 g/mol. The van der Waals surface area contributed by atoms with Crippen molar-refractivity contribution in [1.29, 1.82) is 0 Å². The van der Waals surface area contributed by atoms with Crippen LogP contribution in [0.4, 0.5) is 5.82 Å². The number of nitrogens with zero attached hydrogens (tertiary/aromatic N) is 3. The predicted octanol–water partition coefficient (Wildman–Crippen LogP) is 1.43. The van der Waals surface area contributed by atoms with Crippen molar-refractivity contribution in [3.05, 3.63) is 47.9 Å². The molecule has 29 heavy (non-hydrogen) atoms. The molecule has 0 radical (unpaired) electrons. The first-order chi connectivity index (χ1) is 13.8. The molecule has 2 bridgehead atoms. The number of amides is 1. The van der Waals surface area contributed by atoms with Crippen LogP contribution in [0, 0.1) is 24.7 Å². The second-order valence-electron chi connectivity index (χ2n) is 8.18. The smallest absolute Gasteiger partial charge is 0.256 e. The molecule has 2 aliphatic carbocycles. The number of hydrogen-bond donors (Lipinski definition) is 2. The van der Waals surface area contributed by atoms with E-state index >= 15 is 0 Å². The van der Waals surface area contributed by atoms with Crippen LogP contribution in [0.2, 0.25) is 0 Å². The summed E-state index contributed by atoms with van der Waals surface area (Å²) in [4.78, 5) is 20.8. The van der Waals surface area contributed by atoms with Crippen LogP contribution in [0.3, 0.4) is 0 Å².